The van der Waals surface area contributed by atoms with Crippen LogP contribution in [0.3, 0.4) is 0 Å². The molecule has 1 fully saturated rings. The molecule has 1 aromatic carbocycles. The summed E-state index contributed by atoms with van der Waals surface area (Å²) >= 11 is 0. The fourth-order valence-electron chi connectivity index (χ4n) is 3.28. The molecule has 0 saturated carbocycles. The number of nitrogens with zero attached hydrogens (tertiary/aromatic N) is 1. The first kappa shape index (κ1) is 17.0. The quantitative estimate of drug-likeness (QED) is 0.902. The van der Waals surface area contributed by atoms with Crippen LogP contribution in [0.2, 0.25) is 0 Å². The van der Waals surface area contributed by atoms with Gasteiger partial charge in [0.2, 0.25) is 5.91 Å². The molecule has 1 aliphatic rings. The zero-order chi connectivity index (χ0) is 16.1. The van der Waals surface area contributed by atoms with Gasteiger partial charge >= 0.3 is 0 Å². The molecule has 2 rings (SSSR count). The summed E-state index contributed by atoms with van der Waals surface area (Å²) in [5.41, 5.74) is 2.46. The van der Waals surface area contributed by atoms with Gasteiger partial charge < -0.3 is 10.2 Å². The molecule has 2 atom stereocenters. The zero-order valence-corrected chi connectivity index (χ0v) is 14.4. The first-order valence-electron chi connectivity index (χ1n) is 8.52. The predicted octanol–water partition coefficient (Wildman–Crippen LogP) is 3.54. The Hall–Kier alpha value is -1.35. The van der Waals surface area contributed by atoms with Gasteiger partial charge in [-0.1, -0.05) is 36.8 Å². The largest absolute Gasteiger partial charge is 0.339 e. The number of carbonyl (C=O) groups excluding carboxylic acids is 1. The summed E-state index contributed by atoms with van der Waals surface area (Å²) in [6.07, 6.45) is 3.06. The number of benzene rings is 1. The van der Waals surface area contributed by atoms with Crippen molar-refractivity contribution in [1.29, 1.82) is 0 Å². The van der Waals surface area contributed by atoms with E-state index in [4.69, 9.17) is 0 Å². The van der Waals surface area contributed by atoms with Crippen molar-refractivity contribution in [3.8, 4) is 0 Å². The lowest BCUT2D eigenvalue weighted by molar-refractivity contribution is -0.133. The lowest BCUT2D eigenvalue weighted by atomic mass is 9.84. The van der Waals surface area contributed by atoms with E-state index >= 15 is 0 Å². The maximum Gasteiger partial charge on any atom is 0.223 e. The fraction of sp³-hybridized carbons (Fsp3) is 0.632. The minimum absolute atomic E-state index is 0.133. The van der Waals surface area contributed by atoms with Gasteiger partial charge in [0.1, 0.15) is 0 Å². The topological polar surface area (TPSA) is 32.3 Å². The summed E-state index contributed by atoms with van der Waals surface area (Å²) in [5.74, 6) is 1.43. The van der Waals surface area contributed by atoms with Crippen LogP contribution < -0.4 is 5.32 Å². The second-order valence-electron chi connectivity index (χ2n) is 6.86. The van der Waals surface area contributed by atoms with Gasteiger partial charge in [-0.3, -0.25) is 4.79 Å². The van der Waals surface area contributed by atoms with Gasteiger partial charge in [-0.15, -0.1) is 0 Å². The third-order valence-electron chi connectivity index (χ3n) is 5.22. The van der Waals surface area contributed by atoms with Gasteiger partial charge in [-0.05, 0) is 57.2 Å². The van der Waals surface area contributed by atoms with Crippen molar-refractivity contribution in [3.05, 3.63) is 35.4 Å². The second-order valence-corrected chi connectivity index (χ2v) is 6.86. The maximum absolute atomic E-state index is 12.6. The van der Waals surface area contributed by atoms with Crippen molar-refractivity contribution in [1.82, 2.24) is 10.2 Å². The monoisotopic (exact) mass is 302 g/mol. The number of aryl methyl sites for hydroxylation is 1. The first-order chi connectivity index (χ1) is 10.5. The van der Waals surface area contributed by atoms with Crippen LogP contribution in [0.5, 0.6) is 0 Å². The highest BCUT2D eigenvalue weighted by Gasteiger charge is 2.25. The Morgan fingerprint density at radius 3 is 2.41 bits per heavy atom. The fourth-order valence-corrected chi connectivity index (χ4v) is 3.28. The SMILES string of the molecule is Cc1ccc(C(C)N(C)C(=O)CC(C)C2CCNCC2)cc1. The van der Waals surface area contributed by atoms with Crippen molar-refractivity contribution >= 4 is 5.91 Å². The third-order valence-corrected chi connectivity index (χ3v) is 5.22. The van der Waals surface area contributed by atoms with Crippen LogP contribution in [0.15, 0.2) is 24.3 Å². The van der Waals surface area contributed by atoms with Gasteiger partial charge in [-0.25, -0.2) is 0 Å². The van der Waals surface area contributed by atoms with Crippen molar-refractivity contribution < 1.29 is 4.79 Å². The van der Waals surface area contributed by atoms with Gasteiger partial charge in [0.05, 0.1) is 6.04 Å². The summed E-state index contributed by atoms with van der Waals surface area (Å²) in [5, 5.41) is 3.39. The van der Waals surface area contributed by atoms with E-state index in [-0.39, 0.29) is 11.9 Å². The Bertz CT molecular complexity index is 477. The minimum Gasteiger partial charge on any atom is -0.339 e. The smallest absolute Gasteiger partial charge is 0.223 e. The molecule has 0 bridgehead atoms. The molecule has 1 saturated heterocycles. The maximum atomic E-state index is 12.6. The van der Waals surface area contributed by atoms with Crippen LogP contribution in [0.4, 0.5) is 0 Å². The lowest BCUT2D eigenvalue weighted by Gasteiger charge is -2.31. The molecule has 122 valence electrons. The molecular weight excluding hydrogens is 272 g/mol. The molecule has 1 N–H and O–H groups in total. The second kappa shape index (κ2) is 7.77. The van der Waals surface area contributed by atoms with E-state index in [1.165, 1.54) is 24.0 Å². The molecule has 0 aromatic heterocycles. The average molecular weight is 302 g/mol. The molecule has 3 nitrogen and oxygen atoms in total. The van der Waals surface area contributed by atoms with E-state index in [0.717, 1.165) is 13.1 Å². The van der Waals surface area contributed by atoms with Crippen LogP contribution in [0.25, 0.3) is 0 Å². The molecule has 1 amide bonds. The summed E-state index contributed by atoms with van der Waals surface area (Å²) < 4.78 is 0. The zero-order valence-electron chi connectivity index (χ0n) is 14.4. The number of rotatable bonds is 5. The molecule has 2 unspecified atom stereocenters. The number of piperidine rings is 1. The number of amides is 1. The van der Waals surface area contributed by atoms with Crippen LogP contribution in [-0.4, -0.2) is 30.9 Å². The Morgan fingerprint density at radius 2 is 1.82 bits per heavy atom. The van der Waals surface area contributed by atoms with Crippen molar-refractivity contribution in [3.63, 3.8) is 0 Å². The van der Waals surface area contributed by atoms with Crippen molar-refractivity contribution in [2.75, 3.05) is 20.1 Å². The Balaban J connectivity index is 1.91. The molecule has 1 aliphatic heterocycles. The Labute approximate surface area is 135 Å². The van der Waals surface area contributed by atoms with Crippen LogP contribution >= 0.6 is 0 Å². The molecule has 0 aliphatic carbocycles. The normalized spacial score (nSPS) is 18.7. The standard InChI is InChI=1S/C19H30N2O/c1-14-5-7-18(8-6-14)16(3)21(4)19(22)13-15(2)17-9-11-20-12-10-17/h5-8,15-17,20H,9-13H2,1-4H3. The summed E-state index contributed by atoms with van der Waals surface area (Å²) in [6.45, 7) is 8.62. The minimum atomic E-state index is 0.133. The highest BCUT2D eigenvalue weighted by Crippen LogP contribution is 2.27. The number of hydrogen-bond acceptors (Lipinski definition) is 2. The molecule has 1 heterocycles. The Kier molecular flexibility index (Phi) is 6.01. The molecule has 22 heavy (non-hydrogen) atoms. The summed E-state index contributed by atoms with van der Waals surface area (Å²) in [4.78, 5) is 14.5. The highest BCUT2D eigenvalue weighted by atomic mass is 16.2. The van der Waals surface area contributed by atoms with Crippen LogP contribution in [0.1, 0.15) is 50.3 Å². The number of nitrogens with one attached hydrogen (secondary N) is 1. The van der Waals surface area contributed by atoms with Gasteiger partial charge in [0.15, 0.2) is 0 Å². The van der Waals surface area contributed by atoms with E-state index in [1.807, 2.05) is 11.9 Å². The van der Waals surface area contributed by atoms with E-state index in [1.54, 1.807) is 0 Å². The highest BCUT2D eigenvalue weighted by molar-refractivity contribution is 5.76. The van der Waals surface area contributed by atoms with E-state index < -0.39 is 0 Å². The molecule has 3 heteroatoms. The van der Waals surface area contributed by atoms with Gasteiger partial charge in [-0.2, -0.15) is 0 Å². The lowest BCUT2D eigenvalue weighted by Crippen LogP contribution is -2.35. The van der Waals surface area contributed by atoms with E-state index in [9.17, 15) is 4.79 Å². The van der Waals surface area contributed by atoms with E-state index in [0.29, 0.717) is 18.3 Å². The van der Waals surface area contributed by atoms with Crippen molar-refractivity contribution in [2.24, 2.45) is 11.8 Å². The molecule has 0 spiro atoms. The third kappa shape index (κ3) is 4.33. The first-order valence-corrected chi connectivity index (χ1v) is 8.52. The predicted molar refractivity (Wildman–Crippen MR) is 91.7 cm³/mol. The molecular formula is C19H30N2O. The average Bonchev–Trinajstić information content (AvgIpc) is 2.55. The summed E-state index contributed by atoms with van der Waals surface area (Å²) in [7, 11) is 1.93. The van der Waals surface area contributed by atoms with Crippen LogP contribution in [-0.2, 0) is 4.79 Å². The van der Waals surface area contributed by atoms with Crippen LogP contribution in [0, 0.1) is 18.8 Å². The Morgan fingerprint density at radius 1 is 1.23 bits per heavy atom. The van der Waals surface area contributed by atoms with Gasteiger partial charge in [0.25, 0.3) is 0 Å². The van der Waals surface area contributed by atoms with Gasteiger partial charge in [0, 0.05) is 13.5 Å². The van der Waals surface area contributed by atoms with Crippen molar-refractivity contribution in [2.45, 2.75) is 46.1 Å². The molecule has 0 radical (unpaired) electrons. The van der Waals surface area contributed by atoms with E-state index in [2.05, 4.69) is 50.4 Å². The number of hydrogen-bond donors (Lipinski definition) is 1. The molecule has 1 aromatic rings. The summed E-state index contributed by atoms with van der Waals surface area (Å²) in [6, 6.07) is 8.61. The number of carbonyl (C=O) groups is 1.